The van der Waals surface area contributed by atoms with Gasteiger partial charge in [-0.1, -0.05) is 37.5 Å². The van der Waals surface area contributed by atoms with Crippen molar-refractivity contribution in [3.63, 3.8) is 0 Å². The topological polar surface area (TPSA) is 58.6 Å². The molecular weight excluding hydrogens is 364 g/mol. The smallest absolute Gasteiger partial charge is 0.253 e. The fourth-order valence-corrected chi connectivity index (χ4v) is 3.69. The van der Waals surface area contributed by atoms with Crippen LogP contribution in [0, 0.1) is 0 Å². The highest BCUT2D eigenvalue weighted by Gasteiger charge is 2.22. The Bertz CT molecular complexity index is 868. The van der Waals surface area contributed by atoms with Gasteiger partial charge in [0.15, 0.2) is 0 Å². The minimum Gasteiger partial charge on any atom is -0.496 e. The lowest BCUT2D eigenvalue weighted by Crippen LogP contribution is -2.38. The number of para-hydroxylation sites is 1. The first-order valence-corrected chi connectivity index (χ1v) is 10.1. The van der Waals surface area contributed by atoms with Crippen LogP contribution < -0.4 is 10.1 Å². The minimum absolute atomic E-state index is 0.0332. The minimum atomic E-state index is -0.241. The first kappa shape index (κ1) is 20.6. The van der Waals surface area contributed by atoms with Gasteiger partial charge in [-0.2, -0.15) is 0 Å². The lowest BCUT2D eigenvalue weighted by atomic mass is 9.94. The van der Waals surface area contributed by atoms with E-state index in [1.807, 2.05) is 36.2 Å². The number of hydrogen-bond acceptors (Lipinski definition) is 3. The van der Waals surface area contributed by atoms with Crippen LogP contribution >= 0.6 is 0 Å². The molecular formula is C24H28N2O3. The van der Waals surface area contributed by atoms with Crippen molar-refractivity contribution in [2.45, 2.75) is 38.1 Å². The number of benzene rings is 2. The van der Waals surface area contributed by atoms with Crippen LogP contribution in [0.5, 0.6) is 5.75 Å². The van der Waals surface area contributed by atoms with E-state index in [0.29, 0.717) is 23.0 Å². The zero-order chi connectivity index (χ0) is 20.6. The highest BCUT2D eigenvalue weighted by molar-refractivity contribution is 6.02. The van der Waals surface area contributed by atoms with Gasteiger partial charge in [0.1, 0.15) is 5.75 Å². The van der Waals surface area contributed by atoms with E-state index in [9.17, 15) is 9.59 Å². The number of nitrogens with zero attached hydrogens (tertiary/aromatic N) is 1. The van der Waals surface area contributed by atoms with E-state index in [1.54, 1.807) is 37.5 Å². The van der Waals surface area contributed by atoms with Gasteiger partial charge >= 0.3 is 0 Å². The Morgan fingerprint density at radius 3 is 2.41 bits per heavy atom. The summed E-state index contributed by atoms with van der Waals surface area (Å²) in [5.41, 5.74) is 2.12. The first-order valence-electron chi connectivity index (χ1n) is 10.1. The molecule has 1 saturated carbocycles. The van der Waals surface area contributed by atoms with Crippen molar-refractivity contribution in [2.24, 2.45) is 0 Å². The maximum Gasteiger partial charge on any atom is 0.253 e. The molecule has 5 nitrogen and oxygen atoms in total. The van der Waals surface area contributed by atoms with E-state index in [2.05, 4.69) is 5.32 Å². The zero-order valence-electron chi connectivity index (χ0n) is 17.1. The number of carbonyl (C=O) groups is 2. The molecule has 0 spiro atoms. The van der Waals surface area contributed by atoms with Crippen molar-refractivity contribution in [3.8, 4) is 5.75 Å². The van der Waals surface area contributed by atoms with Crippen molar-refractivity contribution in [1.29, 1.82) is 0 Å². The van der Waals surface area contributed by atoms with Crippen LogP contribution in [0.15, 0.2) is 54.6 Å². The molecule has 0 bridgehead atoms. The number of methoxy groups -OCH3 is 1. The second kappa shape index (κ2) is 9.92. The molecule has 152 valence electrons. The lowest BCUT2D eigenvalue weighted by Gasteiger charge is -2.31. The summed E-state index contributed by atoms with van der Waals surface area (Å²) in [6.07, 6.45) is 8.98. The molecule has 0 aliphatic heterocycles. The molecule has 2 aromatic carbocycles. The molecule has 1 aliphatic carbocycles. The van der Waals surface area contributed by atoms with E-state index in [0.717, 1.165) is 18.4 Å². The average molecular weight is 392 g/mol. The van der Waals surface area contributed by atoms with Gasteiger partial charge in [-0.25, -0.2) is 0 Å². The van der Waals surface area contributed by atoms with Crippen LogP contribution in [0.4, 0.5) is 5.69 Å². The number of nitrogens with one attached hydrogen (secondary N) is 1. The van der Waals surface area contributed by atoms with Gasteiger partial charge in [0.25, 0.3) is 5.91 Å². The fraction of sp³-hybridized carbons (Fsp3) is 0.333. The normalized spacial score (nSPS) is 14.6. The lowest BCUT2D eigenvalue weighted by molar-refractivity contribution is -0.111. The Hall–Kier alpha value is -3.08. The van der Waals surface area contributed by atoms with Gasteiger partial charge in [0, 0.05) is 36.0 Å². The van der Waals surface area contributed by atoms with E-state index < -0.39 is 0 Å². The molecule has 0 radical (unpaired) electrons. The molecule has 0 atom stereocenters. The predicted octanol–water partition coefficient (Wildman–Crippen LogP) is 4.75. The highest BCUT2D eigenvalue weighted by atomic mass is 16.5. The summed E-state index contributed by atoms with van der Waals surface area (Å²) < 4.78 is 5.28. The van der Waals surface area contributed by atoms with E-state index in [4.69, 9.17) is 4.74 Å². The number of carbonyl (C=O) groups excluding carboxylic acids is 2. The summed E-state index contributed by atoms with van der Waals surface area (Å²) in [7, 11) is 3.48. The number of amides is 2. The second-order valence-corrected chi connectivity index (χ2v) is 7.35. The van der Waals surface area contributed by atoms with Crippen molar-refractivity contribution < 1.29 is 14.3 Å². The van der Waals surface area contributed by atoms with Gasteiger partial charge < -0.3 is 15.0 Å². The van der Waals surface area contributed by atoms with Crippen LogP contribution in [0.1, 0.15) is 48.0 Å². The quantitative estimate of drug-likeness (QED) is 0.722. The third kappa shape index (κ3) is 5.47. The third-order valence-corrected chi connectivity index (χ3v) is 5.40. The Labute approximate surface area is 172 Å². The summed E-state index contributed by atoms with van der Waals surface area (Å²) in [6.45, 7) is 0. The Morgan fingerprint density at radius 1 is 1.03 bits per heavy atom. The van der Waals surface area contributed by atoms with Crippen molar-refractivity contribution in [3.05, 3.63) is 65.7 Å². The summed E-state index contributed by atoms with van der Waals surface area (Å²) in [5.74, 6) is 0.502. The molecule has 29 heavy (non-hydrogen) atoms. The summed E-state index contributed by atoms with van der Waals surface area (Å²) >= 11 is 0. The molecule has 0 unspecified atom stereocenters. The molecule has 1 aliphatic rings. The molecule has 2 aromatic rings. The van der Waals surface area contributed by atoms with Crippen molar-refractivity contribution >= 4 is 23.6 Å². The van der Waals surface area contributed by atoms with Crippen molar-refractivity contribution in [2.75, 3.05) is 19.5 Å². The van der Waals surface area contributed by atoms with Crippen LogP contribution in [0.25, 0.3) is 6.08 Å². The number of anilines is 1. The summed E-state index contributed by atoms with van der Waals surface area (Å²) in [5, 5.41) is 2.82. The molecule has 0 aromatic heterocycles. The van der Waals surface area contributed by atoms with Crippen LogP contribution in [-0.4, -0.2) is 36.9 Å². The maximum absolute atomic E-state index is 12.7. The summed E-state index contributed by atoms with van der Waals surface area (Å²) in [4.78, 5) is 26.8. The average Bonchev–Trinajstić information content (AvgIpc) is 2.78. The zero-order valence-corrected chi connectivity index (χ0v) is 17.1. The van der Waals surface area contributed by atoms with Gasteiger partial charge in [0.05, 0.1) is 7.11 Å². The van der Waals surface area contributed by atoms with Gasteiger partial charge in [-0.15, -0.1) is 0 Å². The van der Waals surface area contributed by atoms with Crippen LogP contribution in [-0.2, 0) is 4.79 Å². The Morgan fingerprint density at radius 2 is 1.72 bits per heavy atom. The van der Waals surface area contributed by atoms with Gasteiger partial charge in [0.2, 0.25) is 5.91 Å². The Kier molecular flexibility index (Phi) is 7.06. The second-order valence-electron chi connectivity index (χ2n) is 7.35. The molecule has 0 saturated heterocycles. The van der Waals surface area contributed by atoms with Gasteiger partial charge in [-0.3, -0.25) is 9.59 Å². The standard InChI is InChI=1S/C24H28N2O3/c1-26(21-9-4-3-5-10-21)24(28)19-12-15-20(16-13-19)25-23(27)17-14-18-8-6-7-11-22(18)29-2/h6-8,11-17,21H,3-5,9-10H2,1-2H3,(H,25,27)/b17-14+. The maximum atomic E-state index is 12.7. The predicted molar refractivity (Wildman–Crippen MR) is 116 cm³/mol. The monoisotopic (exact) mass is 392 g/mol. The number of hydrogen-bond donors (Lipinski definition) is 1. The molecule has 1 N–H and O–H groups in total. The number of ether oxygens (including phenoxy) is 1. The first-order chi connectivity index (χ1) is 14.1. The third-order valence-electron chi connectivity index (χ3n) is 5.40. The van der Waals surface area contributed by atoms with Crippen molar-refractivity contribution in [1.82, 2.24) is 4.90 Å². The highest BCUT2D eigenvalue weighted by Crippen LogP contribution is 2.23. The van der Waals surface area contributed by atoms with Crippen LogP contribution in [0.3, 0.4) is 0 Å². The van der Waals surface area contributed by atoms with E-state index in [1.165, 1.54) is 25.3 Å². The molecule has 1 fully saturated rings. The summed E-state index contributed by atoms with van der Waals surface area (Å²) in [6, 6.07) is 14.9. The molecule has 0 heterocycles. The largest absolute Gasteiger partial charge is 0.496 e. The molecule has 3 rings (SSSR count). The van der Waals surface area contributed by atoms with E-state index in [-0.39, 0.29) is 11.8 Å². The van der Waals surface area contributed by atoms with E-state index >= 15 is 0 Å². The number of rotatable bonds is 6. The molecule has 2 amide bonds. The SMILES string of the molecule is COc1ccccc1/C=C/C(=O)Nc1ccc(C(=O)N(C)C2CCCCC2)cc1. The molecule has 5 heteroatoms. The Balaban J connectivity index is 1.59. The van der Waals surface area contributed by atoms with Gasteiger partial charge in [-0.05, 0) is 49.2 Å². The fourth-order valence-electron chi connectivity index (χ4n) is 3.69. The van der Waals surface area contributed by atoms with Crippen LogP contribution in [0.2, 0.25) is 0 Å².